The lowest BCUT2D eigenvalue weighted by molar-refractivity contribution is -0.130. The number of rotatable bonds is 3. The molecule has 7 heteroatoms. The lowest BCUT2D eigenvalue weighted by atomic mass is 10.1. The van der Waals surface area contributed by atoms with Crippen LogP contribution < -0.4 is 0 Å². The van der Waals surface area contributed by atoms with E-state index in [0.29, 0.717) is 17.9 Å². The number of para-hydroxylation sites is 1. The predicted molar refractivity (Wildman–Crippen MR) is 79.5 cm³/mol. The van der Waals surface area contributed by atoms with E-state index in [9.17, 15) is 18.3 Å². The third kappa shape index (κ3) is 3.46. The number of nitrogens with zero attached hydrogens (tertiary/aromatic N) is 1. The molecule has 0 aromatic heterocycles. The van der Waals surface area contributed by atoms with Crippen molar-refractivity contribution >= 4 is 27.5 Å². The highest BCUT2D eigenvalue weighted by Crippen LogP contribution is 2.23. The van der Waals surface area contributed by atoms with Gasteiger partial charge in [-0.3, -0.25) is 4.79 Å². The van der Waals surface area contributed by atoms with Gasteiger partial charge < -0.3 is 10.0 Å². The minimum absolute atomic E-state index is 0.0172. The van der Waals surface area contributed by atoms with Crippen LogP contribution in [0, 0.1) is 0 Å². The van der Waals surface area contributed by atoms with E-state index in [1.165, 1.54) is 22.7 Å². The van der Waals surface area contributed by atoms with Crippen molar-refractivity contribution in [1.29, 1.82) is 0 Å². The van der Waals surface area contributed by atoms with Gasteiger partial charge in [0.05, 0.1) is 6.42 Å². The number of phenols is 1. The summed E-state index contributed by atoms with van der Waals surface area (Å²) in [5.74, 6) is 0.939. The van der Waals surface area contributed by atoms with Crippen molar-refractivity contribution in [2.75, 3.05) is 24.3 Å². The van der Waals surface area contributed by atoms with Crippen LogP contribution in [0.2, 0.25) is 0 Å². The average Bonchev–Trinajstić information content (AvgIpc) is 2.40. The molecule has 0 bridgehead atoms. The standard InChI is InChI=1S/C13H17NO4S2/c1-20(17,18)13-9-19-7-6-14(13)12(16)8-10-4-2-3-5-11(10)15/h2-5,13,15H,6-9H2,1H3. The largest absolute Gasteiger partial charge is 0.508 e. The Morgan fingerprint density at radius 2 is 2.15 bits per heavy atom. The Bertz CT molecular complexity index is 600. The van der Waals surface area contributed by atoms with Gasteiger partial charge in [-0.05, 0) is 6.07 Å². The lowest BCUT2D eigenvalue weighted by Crippen LogP contribution is -2.50. The van der Waals surface area contributed by atoms with Crippen molar-refractivity contribution in [3.05, 3.63) is 29.8 Å². The summed E-state index contributed by atoms with van der Waals surface area (Å²) in [7, 11) is -3.30. The second-order valence-corrected chi connectivity index (χ2v) is 8.10. The molecule has 1 fully saturated rings. The van der Waals surface area contributed by atoms with Crippen molar-refractivity contribution in [1.82, 2.24) is 4.90 Å². The summed E-state index contributed by atoms with van der Waals surface area (Å²) in [5.41, 5.74) is 0.517. The topological polar surface area (TPSA) is 74.7 Å². The van der Waals surface area contributed by atoms with Crippen LogP contribution in [-0.2, 0) is 21.1 Å². The summed E-state index contributed by atoms with van der Waals surface area (Å²) >= 11 is 1.54. The van der Waals surface area contributed by atoms with E-state index in [4.69, 9.17) is 0 Å². The molecule has 1 aliphatic rings. The van der Waals surface area contributed by atoms with Crippen molar-refractivity contribution < 1.29 is 18.3 Å². The first-order valence-electron chi connectivity index (χ1n) is 6.22. The fraction of sp³-hybridized carbons (Fsp3) is 0.462. The smallest absolute Gasteiger partial charge is 0.228 e. The van der Waals surface area contributed by atoms with E-state index in [0.717, 1.165) is 12.0 Å². The number of sulfone groups is 1. The number of thioether (sulfide) groups is 1. The highest BCUT2D eigenvalue weighted by atomic mass is 32.2. The number of benzene rings is 1. The zero-order valence-electron chi connectivity index (χ0n) is 11.2. The maximum absolute atomic E-state index is 12.3. The Balaban J connectivity index is 2.17. The first kappa shape index (κ1) is 15.2. The quantitative estimate of drug-likeness (QED) is 0.896. The normalized spacial score (nSPS) is 19.9. The Morgan fingerprint density at radius 3 is 2.80 bits per heavy atom. The fourth-order valence-corrected chi connectivity index (χ4v) is 4.98. The van der Waals surface area contributed by atoms with Gasteiger partial charge in [0.15, 0.2) is 9.84 Å². The molecule has 110 valence electrons. The molecule has 1 saturated heterocycles. The molecule has 2 rings (SSSR count). The summed E-state index contributed by atoms with van der Waals surface area (Å²) in [4.78, 5) is 13.7. The fourth-order valence-electron chi connectivity index (χ4n) is 2.15. The number of amides is 1. The van der Waals surface area contributed by atoms with Gasteiger partial charge in [-0.1, -0.05) is 18.2 Å². The first-order valence-corrected chi connectivity index (χ1v) is 9.33. The maximum Gasteiger partial charge on any atom is 0.228 e. The molecule has 0 spiro atoms. The minimum Gasteiger partial charge on any atom is -0.508 e. The van der Waals surface area contributed by atoms with Crippen LogP contribution in [0.15, 0.2) is 24.3 Å². The van der Waals surface area contributed by atoms with Crippen molar-refractivity contribution in [3.8, 4) is 5.75 Å². The van der Waals surface area contributed by atoms with Crippen molar-refractivity contribution in [3.63, 3.8) is 0 Å². The zero-order chi connectivity index (χ0) is 14.8. The van der Waals surface area contributed by atoms with E-state index in [2.05, 4.69) is 0 Å². The van der Waals surface area contributed by atoms with Crippen LogP contribution in [0.25, 0.3) is 0 Å². The minimum atomic E-state index is -3.30. The second-order valence-electron chi connectivity index (χ2n) is 4.75. The van der Waals surface area contributed by atoms with Gasteiger partial charge >= 0.3 is 0 Å². The molecule has 1 aromatic carbocycles. The van der Waals surface area contributed by atoms with Gasteiger partial charge in [-0.2, -0.15) is 11.8 Å². The number of hydrogen-bond acceptors (Lipinski definition) is 5. The van der Waals surface area contributed by atoms with Crippen LogP contribution in [-0.4, -0.2) is 54.0 Å². The molecule has 1 heterocycles. The van der Waals surface area contributed by atoms with Crippen LogP contribution in [0.4, 0.5) is 0 Å². The number of hydrogen-bond donors (Lipinski definition) is 1. The summed E-state index contributed by atoms with van der Waals surface area (Å²) in [6, 6.07) is 6.60. The Hall–Kier alpha value is -1.21. The second kappa shape index (κ2) is 6.05. The van der Waals surface area contributed by atoms with Gasteiger partial charge in [0, 0.05) is 29.9 Å². The molecule has 0 radical (unpaired) electrons. The van der Waals surface area contributed by atoms with E-state index >= 15 is 0 Å². The molecule has 1 atom stereocenters. The first-order chi connectivity index (χ1) is 9.39. The average molecular weight is 315 g/mol. The molecular weight excluding hydrogens is 298 g/mol. The van der Waals surface area contributed by atoms with Crippen LogP contribution >= 0.6 is 11.8 Å². The Kier molecular flexibility index (Phi) is 4.59. The summed E-state index contributed by atoms with van der Waals surface area (Å²) in [5, 5.41) is 8.93. The van der Waals surface area contributed by atoms with Gasteiger partial charge in [0.1, 0.15) is 11.1 Å². The van der Waals surface area contributed by atoms with Crippen LogP contribution in [0.3, 0.4) is 0 Å². The summed E-state index contributed by atoms with van der Waals surface area (Å²) in [6.07, 6.45) is 1.17. The van der Waals surface area contributed by atoms with E-state index < -0.39 is 15.2 Å². The van der Waals surface area contributed by atoms with Crippen molar-refractivity contribution in [2.24, 2.45) is 0 Å². The molecule has 1 amide bonds. The molecule has 0 saturated carbocycles. The Morgan fingerprint density at radius 1 is 1.45 bits per heavy atom. The van der Waals surface area contributed by atoms with Crippen molar-refractivity contribution in [2.45, 2.75) is 11.8 Å². The molecule has 1 aliphatic heterocycles. The monoisotopic (exact) mass is 315 g/mol. The van der Waals surface area contributed by atoms with E-state index in [1.54, 1.807) is 18.2 Å². The lowest BCUT2D eigenvalue weighted by Gasteiger charge is -2.34. The van der Waals surface area contributed by atoms with Crippen LogP contribution in [0.1, 0.15) is 5.56 Å². The van der Waals surface area contributed by atoms with E-state index in [-0.39, 0.29) is 18.1 Å². The van der Waals surface area contributed by atoms with Crippen LogP contribution in [0.5, 0.6) is 5.75 Å². The predicted octanol–water partition coefficient (Wildman–Crippen LogP) is 0.881. The molecule has 1 aromatic rings. The summed E-state index contributed by atoms with van der Waals surface area (Å²) in [6.45, 7) is 0.425. The number of carbonyl (C=O) groups is 1. The van der Waals surface area contributed by atoms with Gasteiger partial charge in [-0.15, -0.1) is 0 Å². The third-order valence-corrected chi connectivity index (χ3v) is 5.88. The third-order valence-electron chi connectivity index (χ3n) is 3.23. The Labute approximate surface area is 122 Å². The zero-order valence-corrected chi connectivity index (χ0v) is 12.8. The summed E-state index contributed by atoms with van der Waals surface area (Å²) < 4.78 is 23.5. The highest BCUT2D eigenvalue weighted by molar-refractivity contribution is 8.00. The van der Waals surface area contributed by atoms with Gasteiger partial charge in [-0.25, -0.2) is 8.42 Å². The number of phenolic OH excluding ortho intramolecular Hbond substituents is 1. The van der Waals surface area contributed by atoms with Gasteiger partial charge in [0.2, 0.25) is 5.91 Å². The highest BCUT2D eigenvalue weighted by Gasteiger charge is 2.34. The molecule has 5 nitrogen and oxygen atoms in total. The molecule has 0 aliphatic carbocycles. The molecule has 1 N–H and O–H groups in total. The maximum atomic E-state index is 12.3. The van der Waals surface area contributed by atoms with E-state index in [1.807, 2.05) is 0 Å². The number of carbonyl (C=O) groups excluding carboxylic acids is 1. The number of aromatic hydroxyl groups is 1. The molecule has 20 heavy (non-hydrogen) atoms. The SMILES string of the molecule is CS(=O)(=O)C1CSCCN1C(=O)Cc1ccccc1O. The molecule has 1 unspecified atom stereocenters. The van der Waals surface area contributed by atoms with Gasteiger partial charge in [0.25, 0.3) is 0 Å². The molecular formula is C13H17NO4S2.